The van der Waals surface area contributed by atoms with Crippen molar-refractivity contribution in [2.75, 3.05) is 23.9 Å². The van der Waals surface area contributed by atoms with Gasteiger partial charge in [-0.3, -0.25) is 4.79 Å². The Hall–Kier alpha value is -1.16. The average Bonchev–Trinajstić information content (AvgIpc) is 2.36. The molecule has 0 saturated heterocycles. The van der Waals surface area contributed by atoms with E-state index in [0.29, 0.717) is 0 Å². The molecule has 0 aliphatic heterocycles. The molecule has 3 nitrogen and oxygen atoms in total. The summed E-state index contributed by atoms with van der Waals surface area (Å²) < 4.78 is 0. The molecule has 1 unspecified atom stereocenters. The molecule has 4 heteroatoms. The predicted molar refractivity (Wildman–Crippen MR) is 85.3 cm³/mol. The average molecular weight is 280 g/mol. The van der Waals surface area contributed by atoms with Crippen LogP contribution in [-0.2, 0) is 0 Å². The largest absolute Gasteiger partial charge is 0.385 e. The van der Waals surface area contributed by atoms with E-state index in [0.717, 1.165) is 35.5 Å². The highest BCUT2D eigenvalue weighted by atomic mass is 32.2. The van der Waals surface area contributed by atoms with Gasteiger partial charge < -0.3 is 10.6 Å². The van der Waals surface area contributed by atoms with Crippen LogP contribution in [0.1, 0.15) is 36.2 Å². The zero-order valence-corrected chi connectivity index (χ0v) is 13.1. The third-order valence-electron chi connectivity index (χ3n) is 2.92. The van der Waals surface area contributed by atoms with Crippen molar-refractivity contribution in [1.82, 2.24) is 5.32 Å². The van der Waals surface area contributed by atoms with Crippen molar-refractivity contribution >= 4 is 23.4 Å². The summed E-state index contributed by atoms with van der Waals surface area (Å²) in [4.78, 5) is 12.3. The van der Waals surface area contributed by atoms with E-state index >= 15 is 0 Å². The second-order valence-corrected chi connectivity index (χ2v) is 5.72. The molecule has 1 aromatic rings. The van der Waals surface area contributed by atoms with E-state index in [2.05, 4.69) is 23.8 Å². The summed E-state index contributed by atoms with van der Waals surface area (Å²) in [7, 11) is 0. The summed E-state index contributed by atoms with van der Waals surface area (Å²) in [5, 5.41) is 6.31. The smallest absolute Gasteiger partial charge is 0.253 e. The molecule has 0 heterocycles. The number of carbonyl (C=O) groups excluding carboxylic acids is 1. The van der Waals surface area contributed by atoms with Crippen molar-refractivity contribution in [1.29, 1.82) is 0 Å². The van der Waals surface area contributed by atoms with E-state index < -0.39 is 0 Å². The summed E-state index contributed by atoms with van der Waals surface area (Å²) >= 11 is 1.80. The lowest BCUT2D eigenvalue weighted by atomic mass is 10.1. The number of carbonyl (C=O) groups is 1. The second kappa shape index (κ2) is 8.10. The zero-order chi connectivity index (χ0) is 14.3. The van der Waals surface area contributed by atoms with E-state index in [9.17, 15) is 4.79 Å². The van der Waals surface area contributed by atoms with Gasteiger partial charge in [0.05, 0.1) is 5.56 Å². The molecule has 0 aliphatic carbocycles. The number of hydrogen-bond acceptors (Lipinski definition) is 3. The van der Waals surface area contributed by atoms with Gasteiger partial charge in [-0.1, -0.05) is 6.07 Å². The highest BCUT2D eigenvalue weighted by Crippen LogP contribution is 2.17. The molecule has 1 aromatic carbocycles. The first kappa shape index (κ1) is 15.9. The van der Waals surface area contributed by atoms with Crippen LogP contribution >= 0.6 is 11.8 Å². The summed E-state index contributed by atoms with van der Waals surface area (Å²) in [5.74, 6) is 1.07. The monoisotopic (exact) mass is 280 g/mol. The van der Waals surface area contributed by atoms with E-state index in [1.165, 1.54) is 0 Å². The Morgan fingerprint density at radius 3 is 2.79 bits per heavy atom. The second-order valence-electron chi connectivity index (χ2n) is 4.74. The summed E-state index contributed by atoms with van der Waals surface area (Å²) in [6, 6.07) is 6.09. The maximum absolute atomic E-state index is 12.3. The fraction of sp³-hybridized carbons (Fsp3) is 0.533. The Kier molecular flexibility index (Phi) is 6.78. The molecular formula is C15H24N2OS. The lowest BCUT2D eigenvalue weighted by Gasteiger charge is -2.16. The fourth-order valence-corrected chi connectivity index (χ4v) is 2.45. The van der Waals surface area contributed by atoms with Crippen LogP contribution in [-0.4, -0.2) is 30.5 Å². The van der Waals surface area contributed by atoms with Crippen molar-refractivity contribution in [3.05, 3.63) is 29.3 Å². The van der Waals surface area contributed by atoms with E-state index in [1.54, 1.807) is 11.8 Å². The number of hydrogen-bond donors (Lipinski definition) is 2. The Labute approximate surface area is 120 Å². The van der Waals surface area contributed by atoms with Crippen LogP contribution in [0.2, 0.25) is 0 Å². The van der Waals surface area contributed by atoms with Gasteiger partial charge in [0.1, 0.15) is 0 Å². The van der Waals surface area contributed by atoms with E-state index in [1.807, 2.05) is 32.0 Å². The van der Waals surface area contributed by atoms with Crippen LogP contribution < -0.4 is 10.6 Å². The van der Waals surface area contributed by atoms with Gasteiger partial charge in [0.15, 0.2) is 0 Å². The molecule has 0 fully saturated rings. The minimum Gasteiger partial charge on any atom is -0.385 e. The molecule has 1 amide bonds. The van der Waals surface area contributed by atoms with Gasteiger partial charge in [0.25, 0.3) is 5.91 Å². The lowest BCUT2D eigenvalue weighted by molar-refractivity contribution is 0.0940. The van der Waals surface area contributed by atoms with Crippen molar-refractivity contribution in [3.8, 4) is 0 Å². The first-order valence-corrected chi connectivity index (χ1v) is 8.12. The van der Waals surface area contributed by atoms with E-state index in [4.69, 9.17) is 0 Å². The quantitative estimate of drug-likeness (QED) is 0.805. The minimum atomic E-state index is 0.00422. The highest BCUT2D eigenvalue weighted by molar-refractivity contribution is 7.98. The van der Waals surface area contributed by atoms with Gasteiger partial charge >= 0.3 is 0 Å². The molecule has 0 saturated carbocycles. The first-order valence-electron chi connectivity index (χ1n) is 6.72. The van der Waals surface area contributed by atoms with Crippen molar-refractivity contribution in [2.45, 2.75) is 33.2 Å². The number of rotatable bonds is 7. The van der Waals surface area contributed by atoms with Crippen LogP contribution in [0.25, 0.3) is 0 Å². The standard InChI is InChI=1S/C15H24N2OS/c1-5-16-14-10-11(2)6-7-13(14)15(18)17-12(3)8-9-19-4/h6-7,10,12,16H,5,8-9H2,1-4H3,(H,17,18). The molecular weight excluding hydrogens is 256 g/mol. The number of amides is 1. The molecule has 0 radical (unpaired) electrons. The van der Waals surface area contributed by atoms with Gasteiger partial charge in [0, 0.05) is 18.3 Å². The van der Waals surface area contributed by atoms with Gasteiger partial charge in [-0.15, -0.1) is 0 Å². The number of benzene rings is 1. The normalized spacial score (nSPS) is 12.0. The number of anilines is 1. The molecule has 1 atom stereocenters. The van der Waals surface area contributed by atoms with E-state index in [-0.39, 0.29) is 11.9 Å². The third kappa shape index (κ3) is 5.15. The molecule has 106 valence electrons. The fourth-order valence-electron chi connectivity index (χ4n) is 1.86. The number of aryl methyl sites for hydroxylation is 1. The summed E-state index contributed by atoms with van der Waals surface area (Å²) in [6.07, 6.45) is 3.08. The van der Waals surface area contributed by atoms with Crippen LogP contribution in [0.5, 0.6) is 0 Å². The molecule has 1 rings (SSSR count). The van der Waals surface area contributed by atoms with Gasteiger partial charge in [0.2, 0.25) is 0 Å². The topological polar surface area (TPSA) is 41.1 Å². The lowest BCUT2D eigenvalue weighted by Crippen LogP contribution is -2.33. The number of nitrogens with one attached hydrogen (secondary N) is 2. The van der Waals surface area contributed by atoms with Crippen LogP contribution in [0.15, 0.2) is 18.2 Å². The molecule has 0 aliphatic rings. The van der Waals surface area contributed by atoms with Crippen LogP contribution in [0.4, 0.5) is 5.69 Å². The van der Waals surface area contributed by atoms with Gasteiger partial charge in [-0.2, -0.15) is 11.8 Å². The van der Waals surface area contributed by atoms with Crippen molar-refractivity contribution in [2.24, 2.45) is 0 Å². The Bertz CT molecular complexity index is 421. The minimum absolute atomic E-state index is 0.00422. The third-order valence-corrected chi connectivity index (χ3v) is 3.56. The molecule has 0 spiro atoms. The summed E-state index contributed by atoms with van der Waals surface area (Å²) in [6.45, 7) is 6.93. The van der Waals surface area contributed by atoms with Gasteiger partial charge in [-0.25, -0.2) is 0 Å². The molecule has 19 heavy (non-hydrogen) atoms. The van der Waals surface area contributed by atoms with Crippen molar-refractivity contribution in [3.63, 3.8) is 0 Å². The van der Waals surface area contributed by atoms with Gasteiger partial charge in [-0.05, 0) is 56.9 Å². The summed E-state index contributed by atoms with van der Waals surface area (Å²) in [5.41, 5.74) is 2.79. The number of thioether (sulfide) groups is 1. The Morgan fingerprint density at radius 1 is 1.42 bits per heavy atom. The maximum Gasteiger partial charge on any atom is 0.253 e. The van der Waals surface area contributed by atoms with Crippen LogP contribution in [0.3, 0.4) is 0 Å². The zero-order valence-electron chi connectivity index (χ0n) is 12.2. The molecule has 2 N–H and O–H groups in total. The SMILES string of the molecule is CCNc1cc(C)ccc1C(=O)NC(C)CCSC. The molecule has 0 bridgehead atoms. The van der Waals surface area contributed by atoms with Crippen LogP contribution in [0, 0.1) is 6.92 Å². The molecule has 0 aromatic heterocycles. The van der Waals surface area contributed by atoms with Crippen molar-refractivity contribution < 1.29 is 4.79 Å². The Morgan fingerprint density at radius 2 is 2.16 bits per heavy atom. The predicted octanol–water partition coefficient (Wildman–Crippen LogP) is 3.30. The Balaban J connectivity index is 2.75. The highest BCUT2D eigenvalue weighted by Gasteiger charge is 2.13. The maximum atomic E-state index is 12.3. The first-order chi connectivity index (χ1) is 9.08.